The van der Waals surface area contributed by atoms with Gasteiger partial charge in [-0.25, -0.2) is 4.79 Å². The summed E-state index contributed by atoms with van der Waals surface area (Å²) >= 11 is 1.14. The number of nitrogens with one attached hydrogen (secondary N) is 2. The molecule has 0 heterocycles. The number of hydrogen-bond acceptors (Lipinski definition) is 6. The Hall–Kier alpha value is -1.28. The largest absolute Gasteiger partial charge is 0.480 e. The lowest BCUT2D eigenvalue weighted by atomic mass is 9.91. The van der Waals surface area contributed by atoms with E-state index < -0.39 is 30.7 Å². The van der Waals surface area contributed by atoms with Gasteiger partial charge >= 0.3 is 11.9 Å². The third-order valence-corrected chi connectivity index (χ3v) is 6.85. The molecular formula is C23H42N2O5S. The van der Waals surface area contributed by atoms with E-state index in [9.17, 15) is 14.4 Å². The third kappa shape index (κ3) is 13.7. The highest BCUT2D eigenvalue weighted by molar-refractivity contribution is 7.99. The maximum atomic E-state index is 11.3. The molecule has 7 nitrogen and oxygen atoms in total. The molecule has 0 aromatic carbocycles. The number of amides is 1. The van der Waals surface area contributed by atoms with Gasteiger partial charge < -0.3 is 20.5 Å². The first kappa shape index (κ1) is 22.9. The zero-order valence-electron chi connectivity index (χ0n) is 22.0. The molecule has 0 saturated heterocycles. The Labute approximate surface area is 196 Å². The molecule has 1 amide bonds. The molecule has 2 rings (SSSR count). The van der Waals surface area contributed by atoms with Crippen molar-refractivity contribution in [2.75, 3.05) is 12.4 Å². The molecule has 8 heteroatoms. The van der Waals surface area contributed by atoms with E-state index in [1.807, 2.05) is 5.32 Å². The number of hydrogen-bond donors (Lipinski definition) is 3. The van der Waals surface area contributed by atoms with Crippen molar-refractivity contribution in [1.82, 2.24) is 10.6 Å². The van der Waals surface area contributed by atoms with Crippen LogP contribution in [0.5, 0.6) is 0 Å². The fraction of sp³-hybridized carbons (Fsp3) is 0.870. The molecule has 2 fully saturated rings. The van der Waals surface area contributed by atoms with Gasteiger partial charge in [0.05, 0.1) is 13.0 Å². The van der Waals surface area contributed by atoms with Gasteiger partial charge in [-0.1, -0.05) is 45.4 Å². The van der Waals surface area contributed by atoms with Crippen LogP contribution < -0.4 is 10.6 Å². The van der Waals surface area contributed by atoms with E-state index in [1.54, 1.807) is 13.8 Å². The number of carboxylic acids is 1. The van der Waals surface area contributed by atoms with E-state index >= 15 is 0 Å². The predicted octanol–water partition coefficient (Wildman–Crippen LogP) is 3.89. The summed E-state index contributed by atoms with van der Waals surface area (Å²) in [4.78, 5) is 33.5. The Balaban J connectivity index is 0.000000375. The van der Waals surface area contributed by atoms with E-state index in [2.05, 4.69) is 5.32 Å². The van der Waals surface area contributed by atoms with Crippen LogP contribution >= 0.6 is 11.8 Å². The topological polar surface area (TPSA) is 105 Å². The van der Waals surface area contributed by atoms with Crippen molar-refractivity contribution in [3.8, 4) is 0 Å². The summed E-state index contributed by atoms with van der Waals surface area (Å²) in [5.41, 5.74) is 0. The summed E-state index contributed by atoms with van der Waals surface area (Å²) in [6, 6.07) is 0.418. The number of carboxylic acid groups (broad SMARTS) is 1. The van der Waals surface area contributed by atoms with Gasteiger partial charge in [0.1, 0.15) is 6.04 Å². The van der Waals surface area contributed by atoms with Crippen molar-refractivity contribution in [3.05, 3.63) is 0 Å². The van der Waals surface area contributed by atoms with Crippen molar-refractivity contribution in [2.45, 2.75) is 115 Å². The molecule has 0 spiro atoms. The monoisotopic (exact) mass is 461 g/mol. The minimum Gasteiger partial charge on any atom is -0.480 e. The number of esters is 1. The van der Waals surface area contributed by atoms with Gasteiger partial charge in [-0.3, -0.25) is 9.59 Å². The minimum atomic E-state index is -2.89. The summed E-state index contributed by atoms with van der Waals surface area (Å²) in [6.07, 6.45) is 14.7. The van der Waals surface area contributed by atoms with Crippen molar-refractivity contribution in [2.24, 2.45) is 0 Å². The van der Waals surface area contributed by atoms with E-state index in [0.717, 1.165) is 23.8 Å². The SMILES string of the molecule is C1CCC(NC2CCCCC2)CC1.[2H]C([2H])([2H])C(=O)N[C@@H](CSC(C)CC(=O)OCC)C(=O)O. The number of carbonyl (C=O) groups is 3. The molecule has 0 radical (unpaired) electrons. The average molecular weight is 462 g/mol. The summed E-state index contributed by atoms with van der Waals surface area (Å²) in [7, 11) is 0. The Morgan fingerprint density at radius 2 is 1.61 bits per heavy atom. The number of aliphatic carboxylic acids is 1. The minimum absolute atomic E-state index is 0.0439. The summed E-state index contributed by atoms with van der Waals surface area (Å²) in [5.74, 6) is -3.08. The van der Waals surface area contributed by atoms with Crippen LogP contribution in [0.4, 0.5) is 0 Å². The molecule has 180 valence electrons. The predicted molar refractivity (Wildman–Crippen MR) is 125 cm³/mol. The zero-order valence-corrected chi connectivity index (χ0v) is 19.8. The number of thioether (sulfide) groups is 1. The fourth-order valence-electron chi connectivity index (χ4n) is 3.98. The maximum Gasteiger partial charge on any atom is 0.327 e. The van der Waals surface area contributed by atoms with Crippen molar-refractivity contribution < 1.29 is 28.3 Å². The molecule has 0 aromatic rings. The second kappa shape index (κ2) is 16.4. The highest BCUT2D eigenvalue weighted by Crippen LogP contribution is 2.22. The van der Waals surface area contributed by atoms with Crippen molar-refractivity contribution >= 4 is 29.6 Å². The Morgan fingerprint density at radius 3 is 2.06 bits per heavy atom. The Kier molecular flexibility index (Phi) is 12.1. The van der Waals surface area contributed by atoms with E-state index in [1.165, 1.54) is 64.2 Å². The van der Waals surface area contributed by atoms with Crippen LogP contribution in [0.2, 0.25) is 0 Å². The molecule has 2 aliphatic carbocycles. The standard InChI is InChI=1S/C12H23N.C11H19NO5S/c1-3-7-11(8-4-1)13-12-9-5-2-6-10-12;1-4-17-10(14)5-7(2)18-6-9(11(15)16)12-8(3)13/h11-13H,1-10H2;7,9H,4-6H2,1-3H3,(H,12,13)(H,15,16)/t;7?,9-/m.0/s1/i;3D3. The highest BCUT2D eigenvalue weighted by atomic mass is 32.2. The average Bonchev–Trinajstić information content (AvgIpc) is 2.77. The van der Waals surface area contributed by atoms with Crippen LogP contribution in [-0.2, 0) is 19.1 Å². The lowest BCUT2D eigenvalue weighted by Gasteiger charge is -2.30. The summed E-state index contributed by atoms with van der Waals surface area (Å²) in [6.45, 7) is 0.768. The molecular weight excluding hydrogens is 416 g/mol. The van der Waals surface area contributed by atoms with Crippen LogP contribution in [-0.4, -0.2) is 58.7 Å². The molecule has 2 saturated carbocycles. The van der Waals surface area contributed by atoms with Crippen molar-refractivity contribution in [1.29, 1.82) is 0 Å². The van der Waals surface area contributed by atoms with Gasteiger partial charge in [0.15, 0.2) is 0 Å². The van der Waals surface area contributed by atoms with Gasteiger partial charge in [0, 0.05) is 34.1 Å². The number of carbonyl (C=O) groups excluding carboxylic acids is 2. The van der Waals surface area contributed by atoms with Gasteiger partial charge in [0.2, 0.25) is 5.91 Å². The van der Waals surface area contributed by atoms with Crippen LogP contribution in [0.1, 0.15) is 95.4 Å². The first-order valence-electron chi connectivity index (χ1n) is 13.1. The Morgan fingerprint density at radius 1 is 1.06 bits per heavy atom. The molecule has 0 aliphatic heterocycles. The number of ether oxygens (including phenoxy) is 1. The van der Waals surface area contributed by atoms with Crippen LogP contribution in [0.25, 0.3) is 0 Å². The molecule has 2 atom stereocenters. The first-order valence-corrected chi connectivity index (χ1v) is 12.6. The second-order valence-corrected chi connectivity index (χ2v) is 9.83. The summed E-state index contributed by atoms with van der Waals surface area (Å²) < 4.78 is 25.4. The highest BCUT2D eigenvalue weighted by Gasteiger charge is 2.21. The zero-order chi connectivity index (χ0) is 25.6. The molecule has 3 N–H and O–H groups in total. The Bertz CT molecular complexity index is 608. The van der Waals surface area contributed by atoms with Crippen LogP contribution in [0.3, 0.4) is 0 Å². The van der Waals surface area contributed by atoms with E-state index in [-0.39, 0.29) is 24.0 Å². The second-order valence-electron chi connectivity index (χ2n) is 8.35. The van der Waals surface area contributed by atoms with Crippen LogP contribution in [0, 0.1) is 0 Å². The molecule has 0 aromatic heterocycles. The maximum absolute atomic E-state index is 11.3. The third-order valence-electron chi connectivity index (χ3n) is 5.59. The smallest absolute Gasteiger partial charge is 0.327 e. The first-order chi connectivity index (χ1) is 16.0. The fourth-order valence-corrected chi connectivity index (χ4v) is 4.98. The number of rotatable bonds is 10. The molecule has 2 aliphatic rings. The molecule has 0 bridgehead atoms. The lowest BCUT2D eigenvalue weighted by molar-refractivity contribution is -0.143. The molecule has 31 heavy (non-hydrogen) atoms. The van der Waals surface area contributed by atoms with E-state index in [0.29, 0.717) is 0 Å². The van der Waals surface area contributed by atoms with E-state index in [4.69, 9.17) is 14.0 Å². The van der Waals surface area contributed by atoms with Gasteiger partial charge in [-0.15, -0.1) is 0 Å². The van der Waals surface area contributed by atoms with Gasteiger partial charge in [-0.05, 0) is 32.6 Å². The van der Waals surface area contributed by atoms with Crippen molar-refractivity contribution in [3.63, 3.8) is 0 Å². The summed E-state index contributed by atoms with van der Waals surface area (Å²) in [5, 5.41) is 14.6. The van der Waals surface area contributed by atoms with Crippen LogP contribution in [0.15, 0.2) is 0 Å². The van der Waals surface area contributed by atoms with Gasteiger partial charge in [-0.2, -0.15) is 11.8 Å². The quantitative estimate of drug-likeness (QED) is 0.424. The molecule has 1 unspecified atom stereocenters. The van der Waals surface area contributed by atoms with Gasteiger partial charge in [0.25, 0.3) is 0 Å². The normalized spacial score (nSPS) is 21.3. The lowest BCUT2D eigenvalue weighted by Crippen LogP contribution is -2.41.